The van der Waals surface area contributed by atoms with E-state index in [0.29, 0.717) is 0 Å². The summed E-state index contributed by atoms with van der Waals surface area (Å²) in [6.07, 6.45) is -5.15. The predicted octanol–water partition coefficient (Wildman–Crippen LogP) is 1.34. The van der Waals surface area contributed by atoms with Gasteiger partial charge in [-0.25, -0.2) is 0 Å². The number of ketones is 2. The summed E-state index contributed by atoms with van der Waals surface area (Å²) in [7, 11) is 0. The number of rotatable bonds is 7. The first-order chi connectivity index (χ1) is 15.2. The Hall–Kier alpha value is -2.99. The molecule has 2 saturated carbocycles. The minimum absolute atomic E-state index is 0.0126. The molecule has 33 heavy (non-hydrogen) atoms. The summed E-state index contributed by atoms with van der Waals surface area (Å²) in [5.74, 6) is -4.63. The minimum atomic E-state index is -4.58. The van der Waals surface area contributed by atoms with Gasteiger partial charge in [0, 0.05) is 25.7 Å². The summed E-state index contributed by atoms with van der Waals surface area (Å²) in [5, 5.41) is 10.6. The zero-order valence-corrected chi connectivity index (χ0v) is 18.2. The van der Waals surface area contributed by atoms with Gasteiger partial charge in [0.25, 0.3) is 0 Å². The molecule has 0 aromatic heterocycles. The van der Waals surface area contributed by atoms with Gasteiger partial charge in [-0.3, -0.25) is 28.8 Å². The van der Waals surface area contributed by atoms with Gasteiger partial charge in [-0.1, -0.05) is 0 Å². The molecule has 1 amide bonds. The monoisotopic (exact) mass is 481 g/mol. The van der Waals surface area contributed by atoms with Crippen LogP contribution in [0.3, 0.4) is 0 Å². The van der Waals surface area contributed by atoms with Gasteiger partial charge < -0.3 is 19.9 Å². The molecule has 2 N–H and O–H groups in total. The number of carbonyl (C=O) groups excluding carboxylic acids is 5. The van der Waals surface area contributed by atoms with Gasteiger partial charge in [0.05, 0.1) is 13.2 Å². The van der Waals surface area contributed by atoms with Crippen molar-refractivity contribution in [2.24, 2.45) is 10.8 Å². The van der Waals surface area contributed by atoms with Crippen molar-refractivity contribution in [1.29, 1.82) is 0 Å². The van der Waals surface area contributed by atoms with Crippen LogP contribution in [0.5, 0.6) is 0 Å². The summed E-state index contributed by atoms with van der Waals surface area (Å²) in [4.78, 5) is 68.2. The number of aliphatic carboxylic acids is 1. The maximum Gasteiger partial charge on any atom is 0.405 e. The van der Waals surface area contributed by atoms with Crippen molar-refractivity contribution in [3.8, 4) is 0 Å². The molecule has 0 aromatic rings. The quantitative estimate of drug-likeness (QED) is 0.405. The van der Waals surface area contributed by atoms with Crippen LogP contribution in [0.1, 0.15) is 52.4 Å². The Bertz CT molecular complexity index is 811. The molecular formula is C20H26F3NO9. The maximum atomic E-state index is 12.1. The first kappa shape index (κ1) is 28.0. The number of carboxylic acid groups (broad SMARTS) is 1. The molecule has 0 radical (unpaired) electrons. The molecule has 10 nitrogen and oxygen atoms in total. The van der Waals surface area contributed by atoms with E-state index in [1.54, 1.807) is 12.2 Å². The van der Waals surface area contributed by atoms with Crippen LogP contribution in [-0.4, -0.2) is 66.4 Å². The first-order valence-corrected chi connectivity index (χ1v) is 10.2. The van der Waals surface area contributed by atoms with Crippen LogP contribution in [0.25, 0.3) is 0 Å². The second-order valence-electron chi connectivity index (χ2n) is 7.64. The Kier molecular flexibility index (Phi) is 9.55. The number of carbonyl (C=O) groups is 6. The number of carboxylic acids is 1. The van der Waals surface area contributed by atoms with Crippen molar-refractivity contribution in [2.75, 3.05) is 19.8 Å². The zero-order valence-electron chi connectivity index (χ0n) is 18.2. The molecule has 0 aromatic carbocycles. The Balaban J connectivity index is 0.000000346. The smallest absolute Gasteiger partial charge is 0.405 e. The molecular weight excluding hydrogens is 455 g/mol. The number of alkyl halides is 3. The van der Waals surface area contributed by atoms with E-state index in [4.69, 9.17) is 9.84 Å². The van der Waals surface area contributed by atoms with Crippen LogP contribution in [0, 0.1) is 10.8 Å². The number of esters is 2. The van der Waals surface area contributed by atoms with Gasteiger partial charge in [0.1, 0.15) is 18.1 Å². The fraction of sp³-hybridized carbons (Fsp3) is 0.700. The number of hydrogen-bond acceptors (Lipinski definition) is 8. The van der Waals surface area contributed by atoms with Crippen molar-refractivity contribution in [3.05, 3.63) is 0 Å². The van der Waals surface area contributed by atoms with E-state index in [-0.39, 0.29) is 56.9 Å². The molecule has 2 aliphatic carbocycles. The van der Waals surface area contributed by atoms with Gasteiger partial charge in [-0.2, -0.15) is 13.2 Å². The molecule has 0 aliphatic heterocycles. The number of hydrogen-bond donors (Lipinski definition) is 2. The van der Waals surface area contributed by atoms with Crippen LogP contribution < -0.4 is 5.32 Å². The Labute approximate surface area is 187 Å². The summed E-state index contributed by atoms with van der Waals surface area (Å²) < 4.78 is 45.5. The highest BCUT2D eigenvalue weighted by Crippen LogP contribution is 2.38. The SMILES string of the molecule is CCOC(=O)C1(C(=O)NCC(F)(F)F)CCC(=O)C1.CCOC(=O)C1(C(=O)O)CCC(=O)C1. The third kappa shape index (κ3) is 6.99. The van der Waals surface area contributed by atoms with Crippen LogP contribution in [0.4, 0.5) is 13.2 Å². The van der Waals surface area contributed by atoms with Crippen LogP contribution in [0.2, 0.25) is 0 Å². The molecule has 2 aliphatic rings. The zero-order chi connectivity index (χ0) is 25.4. The molecule has 0 spiro atoms. The molecule has 2 unspecified atom stereocenters. The number of ether oxygens (including phenoxy) is 2. The molecule has 2 fully saturated rings. The molecule has 0 heterocycles. The largest absolute Gasteiger partial charge is 0.480 e. The van der Waals surface area contributed by atoms with Gasteiger partial charge in [0.2, 0.25) is 5.91 Å². The standard InChI is InChI=1S/C11H14F3NO4.C9H12O5/c1-2-19-9(18)10(4-3-7(16)5-10)8(17)15-6-11(12,13)14;1-2-14-8(13)9(7(11)12)4-3-6(10)5-9/h2-6H2,1H3,(H,15,17);2-5H2,1H3,(H,11,12). The normalized spacial score (nSPS) is 24.5. The van der Waals surface area contributed by atoms with Crippen LogP contribution in [-0.2, 0) is 38.2 Å². The van der Waals surface area contributed by atoms with Crippen molar-refractivity contribution >= 4 is 35.4 Å². The van der Waals surface area contributed by atoms with Gasteiger partial charge in [0.15, 0.2) is 10.8 Å². The van der Waals surface area contributed by atoms with E-state index < -0.39 is 53.8 Å². The van der Waals surface area contributed by atoms with Crippen molar-refractivity contribution in [3.63, 3.8) is 0 Å². The lowest BCUT2D eigenvalue weighted by atomic mass is 9.85. The number of amides is 1. The molecule has 0 bridgehead atoms. The number of Topliss-reactive ketones (excluding diaryl/α,β-unsaturated/α-hetero) is 2. The van der Waals surface area contributed by atoms with Crippen LogP contribution >= 0.6 is 0 Å². The third-order valence-electron chi connectivity index (χ3n) is 5.28. The lowest BCUT2D eigenvalue weighted by Crippen LogP contribution is -2.48. The Morgan fingerprint density at radius 2 is 1.33 bits per heavy atom. The highest BCUT2D eigenvalue weighted by atomic mass is 19.4. The minimum Gasteiger partial charge on any atom is -0.480 e. The van der Waals surface area contributed by atoms with Crippen molar-refractivity contribution in [2.45, 2.75) is 58.5 Å². The highest BCUT2D eigenvalue weighted by Gasteiger charge is 2.53. The summed E-state index contributed by atoms with van der Waals surface area (Å²) in [6.45, 7) is 1.69. The summed E-state index contributed by atoms with van der Waals surface area (Å²) in [6, 6.07) is 0. The van der Waals surface area contributed by atoms with Gasteiger partial charge in [-0.15, -0.1) is 0 Å². The first-order valence-electron chi connectivity index (χ1n) is 10.2. The molecule has 186 valence electrons. The Morgan fingerprint density at radius 3 is 1.67 bits per heavy atom. The van der Waals surface area contributed by atoms with Crippen molar-refractivity contribution < 1.29 is 56.5 Å². The average Bonchev–Trinajstić information content (AvgIpc) is 3.31. The molecule has 2 atom stereocenters. The van der Waals surface area contributed by atoms with E-state index in [0.717, 1.165) is 0 Å². The van der Waals surface area contributed by atoms with E-state index in [1.165, 1.54) is 6.92 Å². The third-order valence-corrected chi connectivity index (χ3v) is 5.28. The second kappa shape index (κ2) is 11.2. The van der Waals surface area contributed by atoms with Crippen molar-refractivity contribution in [1.82, 2.24) is 5.32 Å². The summed E-state index contributed by atoms with van der Waals surface area (Å²) in [5.41, 5.74) is -3.43. The summed E-state index contributed by atoms with van der Waals surface area (Å²) >= 11 is 0. The fourth-order valence-electron chi connectivity index (χ4n) is 3.53. The van der Waals surface area contributed by atoms with E-state index in [1.807, 2.05) is 0 Å². The van der Waals surface area contributed by atoms with Crippen LogP contribution in [0.15, 0.2) is 0 Å². The lowest BCUT2D eigenvalue weighted by Gasteiger charge is -2.24. The molecule has 13 heteroatoms. The topological polar surface area (TPSA) is 153 Å². The van der Waals surface area contributed by atoms with Gasteiger partial charge in [-0.05, 0) is 26.7 Å². The maximum absolute atomic E-state index is 12.1. The fourth-order valence-corrected chi connectivity index (χ4v) is 3.53. The lowest BCUT2D eigenvalue weighted by molar-refractivity contribution is -0.168. The Morgan fingerprint density at radius 1 is 0.909 bits per heavy atom. The van der Waals surface area contributed by atoms with E-state index in [2.05, 4.69) is 4.74 Å². The van der Waals surface area contributed by atoms with E-state index >= 15 is 0 Å². The number of nitrogens with one attached hydrogen (secondary N) is 1. The molecule has 2 rings (SSSR count). The second-order valence-corrected chi connectivity index (χ2v) is 7.64. The number of halogens is 3. The van der Waals surface area contributed by atoms with Gasteiger partial charge >= 0.3 is 24.1 Å². The van der Waals surface area contributed by atoms with E-state index in [9.17, 15) is 41.9 Å². The molecule has 0 saturated heterocycles. The highest BCUT2D eigenvalue weighted by molar-refractivity contribution is 6.08. The predicted molar refractivity (Wildman–Crippen MR) is 103 cm³/mol. The average molecular weight is 481 g/mol.